The SMILES string of the molecule is Cc1nn(Cc2ccccc2)c(C)c1CNC(=O)C1CNNC1c1ccccc1. The number of carbonyl (C=O) groups is 1. The molecule has 6 nitrogen and oxygen atoms in total. The second-order valence-corrected chi connectivity index (χ2v) is 7.53. The van der Waals surface area contributed by atoms with Crippen LogP contribution in [0.15, 0.2) is 60.7 Å². The highest BCUT2D eigenvalue weighted by Crippen LogP contribution is 2.25. The molecule has 0 spiro atoms. The summed E-state index contributed by atoms with van der Waals surface area (Å²) in [6, 6.07) is 20.3. The van der Waals surface area contributed by atoms with E-state index in [4.69, 9.17) is 0 Å². The molecule has 1 aliphatic rings. The second kappa shape index (κ2) is 8.59. The van der Waals surface area contributed by atoms with Gasteiger partial charge in [0.25, 0.3) is 0 Å². The summed E-state index contributed by atoms with van der Waals surface area (Å²) in [4.78, 5) is 12.9. The fraction of sp³-hybridized carbons (Fsp3) is 0.304. The summed E-state index contributed by atoms with van der Waals surface area (Å²) in [5.41, 5.74) is 11.8. The number of amides is 1. The van der Waals surface area contributed by atoms with Gasteiger partial charge in [-0.1, -0.05) is 60.7 Å². The fourth-order valence-corrected chi connectivity index (χ4v) is 3.92. The van der Waals surface area contributed by atoms with Gasteiger partial charge in [0.05, 0.1) is 24.2 Å². The largest absolute Gasteiger partial charge is 0.352 e. The number of hydrazine groups is 1. The third-order valence-corrected chi connectivity index (χ3v) is 5.62. The van der Waals surface area contributed by atoms with E-state index < -0.39 is 0 Å². The molecule has 2 unspecified atom stereocenters. The van der Waals surface area contributed by atoms with Crippen LogP contribution < -0.4 is 16.2 Å². The Morgan fingerprint density at radius 3 is 2.52 bits per heavy atom. The number of nitrogens with zero attached hydrogens (tertiary/aromatic N) is 2. The van der Waals surface area contributed by atoms with Gasteiger partial charge in [-0.2, -0.15) is 5.10 Å². The lowest BCUT2D eigenvalue weighted by Gasteiger charge is -2.18. The van der Waals surface area contributed by atoms with Crippen molar-refractivity contribution in [2.45, 2.75) is 33.0 Å². The number of carbonyl (C=O) groups excluding carboxylic acids is 1. The van der Waals surface area contributed by atoms with Gasteiger partial charge < -0.3 is 5.32 Å². The summed E-state index contributed by atoms with van der Waals surface area (Å²) in [5, 5.41) is 7.81. The summed E-state index contributed by atoms with van der Waals surface area (Å²) in [5.74, 6) is -0.108. The maximum atomic E-state index is 12.9. The number of benzene rings is 2. The van der Waals surface area contributed by atoms with E-state index >= 15 is 0 Å². The average molecular weight is 390 g/mol. The molecular weight excluding hydrogens is 362 g/mol. The monoisotopic (exact) mass is 389 g/mol. The predicted molar refractivity (Wildman–Crippen MR) is 113 cm³/mol. The Bertz CT molecular complexity index is 968. The van der Waals surface area contributed by atoms with E-state index in [1.807, 2.05) is 60.1 Å². The lowest BCUT2D eigenvalue weighted by molar-refractivity contribution is -0.125. The lowest BCUT2D eigenvalue weighted by Crippen LogP contribution is -2.34. The van der Waals surface area contributed by atoms with E-state index in [1.165, 1.54) is 5.56 Å². The van der Waals surface area contributed by atoms with Crippen LogP contribution in [0.4, 0.5) is 0 Å². The van der Waals surface area contributed by atoms with Crippen LogP contribution in [0.3, 0.4) is 0 Å². The highest BCUT2D eigenvalue weighted by Gasteiger charge is 2.33. The van der Waals surface area contributed by atoms with Gasteiger partial charge in [-0.05, 0) is 25.0 Å². The Morgan fingerprint density at radius 2 is 1.79 bits per heavy atom. The van der Waals surface area contributed by atoms with Crippen molar-refractivity contribution in [1.29, 1.82) is 0 Å². The Balaban J connectivity index is 1.43. The molecule has 150 valence electrons. The van der Waals surface area contributed by atoms with Crippen molar-refractivity contribution in [3.8, 4) is 0 Å². The minimum atomic E-state index is -0.155. The number of hydrogen-bond donors (Lipinski definition) is 3. The minimum absolute atomic E-state index is 0.0285. The molecule has 1 fully saturated rings. The third-order valence-electron chi connectivity index (χ3n) is 5.62. The number of rotatable bonds is 6. The maximum Gasteiger partial charge on any atom is 0.226 e. The molecule has 3 aromatic rings. The van der Waals surface area contributed by atoms with Crippen LogP contribution in [-0.4, -0.2) is 22.2 Å². The van der Waals surface area contributed by atoms with E-state index in [1.54, 1.807) is 0 Å². The van der Waals surface area contributed by atoms with Gasteiger partial charge in [0.2, 0.25) is 5.91 Å². The van der Waals surface area contributed by atoms with Gasteiger partial charge in [-0.15, -0.1) is 0 Å². The Hall–Kier alpha value is -2.96. The van der Waals surface area contributed by atoms with Crippen LogP contribution in [0.1, 0.15) is 34.1 Å². The van der Waals surface area contributed by atoms with Crippen LogP contribution >= 0.6 is 0 Å². The number of nitrogens with one attached hydrogen (secondary N) is 3. The molecule has 1 saturated heterocycles. The van der Waals surface area contributed by atoms with Crippen LogP contribution in [0, 0.1) is 19.8 Å². The average Bonchev–Trinajstić information content (AvgIpc) is 3.33. The zero-order valence-electron chi connectivity index (χ0n) is 16.9. The number of aromatic nitrogens is 2. The number of aryl methyl sites for hydroxylation is 1. The van der Waals surface area contributed by atoms with E-state index in [2.05, 4.69) is 40.3 Å². The van der Waals surface area contributed by atoms with Gasteiger partial charge in [0.1, 0.15) is 0 Å². The molecular formula is C23H27N5O. The first-order valence-electron chi connectivity index (χ1n) is 10.0. The van der Waals surface area contributed by atoms with Crippen molar-refractivity contribution < 1.29 is 4.79 Å². The smallest absolute Gasteiger partial charge is 0.226 e. The number of hydrogen-bond acceptors (Lipinski definition) is 4. The molecule has 2 aromatic carbocycles. The van der Waals surface area contributed by atoms with Crippen LogP contribution in [0.5, 0.6) is 0 Å². The highest BCUT2D eigenvalue weighted by atomic mass is 16.2. The first-order valence-corrected chi connectivity index (χ1v) is 10.0. The molecule has 0 bridgehead atoms. The molecule has 1 amide bonds. The molecule has 1 aromatic heterocycles. The summed E-state index contributed by atoms with van der Waals surface area (Å²) in [6.07, 6.45) is 0. The molecule has 2 heterocycles. The molecule has 1 aliphatic heterocycles. The molecule has 2 atom stereocenters. The van der Waals surface area contributed by atoms with Crippen molar-refractivity contribution >= 4 is 5.91 Å². The zero-order chi connectivity index (χ0) is 20.2. The van der Waals surface area contributed by atoms with Gasteiger partial charge in [0, 0.05) is 24.3 Å². The fourth-order valence-electron chi connectivity index (χ4n) is 3.92. The maximum absolute atomic E-state index is 12.9. The van der Waals surface area contributed by atoms with Gasteiger partial charge in [-0.25, -0.2) is 5.43 Å². The Morgan fingerprint density at radius 1 is 1.10 bits per heavy atom. The third kappa shape index (κ3) is 4.23. The highest BCUT2D eigenvalue weighted by molar-refractivity contribution is 5.80. The molecule has 29 heavy (non-hydrogen) atoms. The minimum Gasteiger partial charge on any atom is -0.352 e. The molecule has 3 N–H and O–H groups in total. The van der Waals surface area contributed by atoms with Gasteiger partial charge >= 0.3 is 0 Å². The van der Waals surface area contributed by atoms with E-state index in [0.29, 0.717) is 13.1 Å². The summed E-state index contributed by atoms with van der Waals surface area (Å²) < 4.78 is 2.01. The van der Waals surface area contributed by atoms with Crippen LogP contribution in [-0.2, 0) is 17.9 Å². The first kappa shape index (κ1) is 19.4. The second-order valence-electron chi connectivity index (χ2n) is 7.53. The van der Waals surface area contributed by atoms with Crippen molar-refractivity contribution in [2.75, 3.05) is 6.54 Å². The van der Waals surface area contributed by atoms with Crippen molar-refractivity contribution in [3.05, 3.63) is 88.7 Å². The topological polar surface area (TPSA) is 71.0 Å². The molecule has 0 saturated carbocycles. The molecule has 6 heteroatoms. The van der Waals surface area contributed by atoms with E-state index in [9.17, 15) is 4.79 Å². The van der Waals surface area contributed by atoms with Crippen molar-refractivity contribution in [1.82, 2.24) is 25.9 Å². The quantitative estimate of drug-likeness (QED) is 0.606. The molecule has 0 aliphatic carbocycles. The van der Waals surface area contributed by atoms with Crippen LogP contribution in [0.25, 0.3) is 0 Å². The van der Waals surface area contributed by atoms with Gasteiger partial charge in [0.15, 0.2) is 0 Å². The Kier molecular flexibility index (Phi) is 5.74. The van der Waals surface area contributed by atoms with E-state index in [-0.39, 0.29) is 17.9 Å². The summed E-state index contributed by atoms with van der Waals surface area (Å²) in [7, 11) is 0. The predicted octanol–water partition coefficient (Wildman–Crippen LogP) is 2.63. The molecule has 4 rings (SSSR count). The van der Waals surface area contributed by atoms with E-state index in [0.717, 1.165) is 29.1 Å². The standard InChI is InChI=1S/C23H27N5O/c1-16-20(17(2)28(27-16)15-18-9-5-3-6-10-18)13-24-23(29)21-14-25-26-22(21)19-11-7-4-8-12-19/h3-12,21-22,25-26H,13-15H2,1-2H3,(H,24,29). The van der Waals surface area contributed by atoms with Crippen molar-refractivity contribution in [3.63, 3.8) is 0 Å². The lowest BCUT2D eigenvalue weighted by atomic mass is 9.94. The normalized spacial score (nSPS) is 18.7. The Labute approximate surface area is 171 Å². The first-order chi connectivity index (χ1) is 14.1. The summed E-state index contributed by atoms with van der Waals surface area (Å²) >= 11 is 0. The van der Waals surface area contributed by atoms with Gasteiger partial charge in [-0.3, -0.25) is 14.9 Å². The molecule has 0 radical (unpaired) electrons. The zero-order valence-corrected chi connectivity index (χ0v) is 16.9. The van der Waals surface area contributed by atoms with Crippen molar-refractivity contribution in [2.24, 2.45) is 5.92 Å². The summed E-state index contributed by atoms with van der Waals surface area (Å²) in [6.45, 7) is 5.89. The van der Waals surface area contributed by atoms with Crippen LogP contribution in [0.2, 0.25) is 0 Å².